The zero-order valence-electron chi connectivity index (χ0n) is 17.9. The van der Waals surface area contributed by atoms with Gasteiger partial charge in [0, 0.05) is 5.56 Å². The van der Waals surface area contributed by atoms with E-state index in [-0.39, 0.29) is 17.2 Å². The SMILES string of the molecule is CCC(C)(C)CCCCCc1c(O)c(O)cc(CCCCC2(C)CC2)c1O. The van der Waals surface area contributed by atoms with Crippen LogP contribution in [0.25, 0.3) is 0 Å². The summed E-state index contributed by atoms with van der Waals surface area (Å²) in [4.78, 5) is 0. The Bertz CT molecular complexity index is 615. The van der Waals surface area contributed by atoms with Gasteiger partial charge in [-0.1, -0.05) is 53.4 Å². The first-order valence-corrected chi connectivity index (χ1v) is 10.9. The van der Waals surface area contributed by atoms with Crippen LogP contribution in [0.3, 0.4) is 0 Å². The third-order valence-corrected chi connectivity index (χ3v) is 6.75. The summed E-state index contributed by atoms with van der Waals surface area (Å²) >= 11 is 0. The van der Waals surface area contributed by atoms with Crippen molar-refractivity contribution >= 4 is 0 Å². The van der Waals surface area contributed by atoms with Crippen molar-refractivity contribution in [3.63, 3.8) is 0 Å². The molecule has 0 saturated heterocycles. The van der Waals surface area contributed by atoms with E-state index in [0.29, 0.717) is 22.8 Å². The van der Waals surface area contributed by atoms with Crippen LogP contribution in [0.2, 0.25) is 0 Å². The fourth-order valence-electron chi connectivity index (χ4n) is 3.78. The zero-order chi connectivity index (χ0) is 20.1. The van der Waals surface area contributed by atoms with Crippen molar-refractivity contribution in [1.82, 2.24) is 0 Å². The quantitative estimate of drug-likeness (QED) is 0.212. The third-order valence-electron chi connectivity index (χ3n) is 6.75. The van der Waals surface area contributed by atoms with Gasteiger partial charge >= 0.3 is 0 Å². The Morgan fingerprint density at radius 3 is 2.22 bits per heavy atom. The standard InChI is InChI=1S/C24H40O3/c1-5-23(2,3)13-9-6-7-12-19-21(26)18(17-20(25)22(19)27)11-8-10-14-24(4)15-16-24/h17,25-27H,5-16H2,1-4H3. The van der Waals surface area contributed by atoms with Gasteiger partial charge in [0.2, 0.25) is 0 Å². The summed E-state index contributed by atoms with van der Waals surface area (Å²) in [5.41, 5.74) is 2.25. The molecule has 0 unspecified atom stereocenters. The predicted octanol–water partition coefficient (Wildman–Crippen LogP) is 6.86. The highest BCUT2D eigenvalue weighted by atomic mass is 16.3. The molecule has 3 nitrogen and oxygen atoms in total. The largest absolute Gasteiger partial charge is 0.507 e. The maximum absolute atomic E-state index is 10.6. The lowest BCUT2D eigenvalue weighted by molar-refractivity contribution is 0.307. The molecule has 1 aliphatic carbocycles. The number of hydrogen-bond acceptors (Lipinski definition) is 3. The second-order valence-electron chi connectivity index (χ2n) is 9.83. The van der Waals surface area contributed by atoms with Gasteiger partial charge in [-0.2, -0.15) is 0 Å². The minimum absolute atomic E-state index is 0.0981. The van der Waals surface area contributed by atoms with Gasteiger partial charge in [-0.15, -0.1) is 0 Å². The molecule has 1 aromatic carbocycles. The van der Waals surface area contributed by atoms with Crippen molar-refractivity contribution in [3.05, 3.63) is 17.2 Å². The van der Waals surface area contributed by atoms with E-state index in [9.17, 15) is 15.3 Å². The van der Waals surface area contributed by atoms with E-state index in [1.807, 2.05) is 0 Å². The lowest BCUT2D eigenvalue weighted by atomic mass is 9.84. The van der Waals surface area contributed by atoms with E-state index in [4.69, 9.17) is 0 Å². The van der Waals surface area contributed by atoms with Crippen molar-refractivity contribution in [2.24, 2.45) is 10.8 Å². The predicted molar refractivity (Wildman–Crippen MR) is 113 cm³/mol. The zero-order valence-corrected chi connectivity index (χ0v) is 17.9. The van der Waals surface area contributed by atoms with Gasteiger partial charge in [0.15, 0.2) is 11.5 Å². The van der Waals surface area contributed by atoms with Crippen molar-refractivity contribution in [3.8, 4) is 17.2 Å². The number of benzene rings is 1. The van der Waals surface area contributed by atoms with E-state index < -0.39 is 0 Å². The molecule has 0 aliphatic heterocycles. The van der Waals surface area contributed by atoms with Crippen LogP contribution in [0.4, 0.5) is 0 Å². The number of rotatable bonds is 12. The van der Waals surface area contributed by atoms with Crippen molar-refractivity contribution in [2.45, 2.75) is 105 Å². The summed E-state index contributed by atoms with van der Waals surface area (Å²) in [5, 5.41) is 30.9. The number of aromatic hydroxyl groups is 3. The van der Waals surface area contributed by atoms with E-state index >= 15 is 0 Å². The minimum atomic E-state index is -0.143. The molecule has 2 rings (SSSR count). The summed E-state index contributed by atoms with van der Waals surface area (Å²) in [6, 6.07) is 1.54. The lowest BCUT2D eigenvalue weighted by Gasteiger charge is -2.22. The maximum Gasteiger partial charge on any atom is 0.164 e. The van der Waals surface area contributed by atoms with Crippen LogP contribution in [-0.4, -0.2) is 15.3 Å². The molecule has 1 saturated carbocycles. The van der Waals surface area contributed by atoms with Crippen LogP contribution in [-0.2, 0) is 12.8 Å². The highest BCUT2D eigenvalue weighted by molar-refractivity contribution is 5.56. The molecule has 0 atom stereocenters. The normalized spacial score (nSPS) is 15.9. The average Bonchev–Trinajstić information content (AvgIpc) is 3.36. The Hall–Kier alpha value is -1.38. The van der Waals surface area contributed by atoms with Crippen LogP contribution in [0.5, 0.6) is 17.2 Å². The fourth-order valence-corrected chi connectivity index (χ4v) is 3.78. The van der Waals surface area contributed by atoms with Crippen molar-refractivity contribution in [2.75, 3.05) is 0 Å². The smallest absolute Gasteiger partial charge is 0.164 e. The average molecular weight is 377 g/mol. The molecule has 1 aliphatic rings. The molecule has 3 N–H and O–H groups in total. The molecule has 3 heteroatoms. The van der Waals surface area contributed by atoms with Crippen LogP contribution in [0, 0.1) is 10.8 Å². The highest BCUT2D eigenvalue weighted by Gasteiger charge is 2.35. The van der Waals surface area contributed by atoms with Crippen molar-refractivity contribution in [1.29, 1.82) is 0 Å². The molecular weight excluding hydrogens is 336 g/mol. The molecule has 27 heavy (non-hydrogen) atoms. The molecule has 154 valence electrons. The Balaban J connectivity index is 1.86. The molecule has 1 fully saturated rings. The van der Waals surface area contributed by atoms with Gasteiger partial charge in [0.05, 0.1) is 0 Å². The Kier molecular flexibility index (Phi) is 7.47. The molecule has 0 heterocycles. The first kappa shape index (κ1) is 21.9. The Morgan fingerprint density at radius 1 is 0.926 bits per heavy atom. The van der Waals surface area contributed by atoms with Crippen molar-refractivity contribution < 1.29 is 15.3 Å². The summed E-state index contributed by atoms with van der Waals surface area (Å²) in [6.07, 6.45) is 13.0. The summed E-state index contributed by atoms with van der Waals surface area (Å²) in [6.45, 7) is 9.18. The molecule has 1 aromatic rings. The van der Waals surface area contributed by atoms with Crippen LogP contribution in [0.15, 0.2) is 6.07 Å². The summed E-state index contributed by atoms with van der Waals surface area (Å²) in [7, 11) is 0. The topological polar surface area (TPSA) is 60.7 Å². The number of unbranched alkanes of at least 4 members (excludes halogenated alkanes) is 3. The molecular formula is C24H40O3. The first-order chi connectivity index (χ1) is 12.7. The minimum Gasteiger partial charge on any atom is -0.507 e. The van der Waals surface area contributed by atoms with Gasteiger partial charge in [-0.25, -0.2) is 0 Å². The third kappa shape index (κ3) is 6.62. The molecule has 0 aromatic heterocycles. The number of phenolic OH excluding ortho intramolecular Hbond substituents is 3. The highest BCUT2D eigenvalue weighted by Crippen LogP contribution is 2.49. The van der Waals surface area contributed by atoms with Crippen LogP contribution < -0.4 is 0 Å². The lowest BCUT2D eigenvalue weighted by Crippen LogP contribution is -2.08. The summed E-state index contributed by atoms with van der Waals surface area (Å²) < 4.78 is 0. The van der Waals surface area contributed by atoms with Gasteiger partial charge in [0.1, 0.15) is 5.75 Å². The number of aryl methyl sites for hydroxylation is 1. The Morgan fingerprint density at radius 2 is 1.59 bits per heavy atom. The molecule has 0 bridgehead atoms. The van der Waals surface area contributed by atoms with Crippen LogP contribution >= 0.6 is 0 Å². The molecule has 0 radical (unpaired) electrons. The number of hydrogen-bond donors (Lipinski definition) is 3. The second-order valence-corrected chi connectivity index (χ2v) is 9.83. The van der Waals surface area contributed by atoms with E-state index in [2.05, 4.69) is 27.7 Å². The fraction of sp³-hybridized carbons (Fsp3) is 0.750. The van der Waals surface area contributed by atoms with Gasteiger partial charge < -0.3 is 15.3 Å². The van der Waals surface area contributed by atoms with Gasteiger partial charge in [-0.3, -0.25) is 0 Å². The Labute approximate surface area is 165 Å². The maximum atomic E-state index is 10.6. The first-order valence-electron chi connectivity index (χ1n) is 10.9. The van der Waals surface area contributed by atoms with E-state index in [1.54, 1.807) is 0 Å². The van der Waals surface area contributed by atoms with Gasteiger partial charge in [-0.05, 0) is 73.8 Å². The van der Waals surface area contributed by atoms with Crippen LogP contribution in [0.1, 0.15) is 103 Å². The molecule has 0 amide bonds. The van der Waals surface area contributed by atoms with Gasteiger partial charge in [0.25, 0.3) is 0 Å². The molecule has 0 spiro atoms. The summed E-state index contributed by atoms with van der Waals surface area (Å²) in [5.74, 6) is -0.0495. The monoisotopic (exact) mass is 376 g/mol. The second kappa shape index (κ2) is 9.21. The van der Waals surface area contributed by atoms with E-state index in [0.717, 1.165) is 44.1 Å². The van der Waals surface area contributed by atoms with E-state index in [1.165, 1.54) is 38.2 Å². The number of phenols is 3.